The summed E-state index contributed by atoms with van der Waals surface area (Å²) >= 11 is 0. The molecule has 0 aliphatic carbocycles. The van der Waals surface area contributed by atoms with Gasteiger partial charge in [-0.25, -0.2) is 4.79 Å². The van der Waals surface area contributed by atoms with Gasteiger partial charge in [0.25, 0.3) is 0 Å². The Morgan fingerprint density at radius 3 is 2.45 bits per heavy atom. The molecule has 33 heavy (non-hydrogen) atoms. The van der Waals surface area contributed by atoms with E-state index in [9.17, 15) is 14.4 Å². The molecule has 1 aromatic rings. The Labute approximate surface area is 195 Å². The molecule has 1 aliphatic heterocycles. The fourth-order valence-corrected chi connectivity index (χ4v) is 3.88. The van der Waals surface area contributed by atoms with Gasteiger partial charge in [-0.2, -0.15) is 0 Å². The van der Waals surface area contributed by atoms with Crippen LogP contribution in [0.2, 0.25) is 0 Å². The zero-order valence-corrected chi connectivity index (χ0v) is 20.4. The molecule has 4 atom stereocenters. The predicted octanol–water partition coefficient (Wildman–Crippen LogP) is 1.53. The molecule has 0 spiro atoms. The Hall–Kier alpha value is -2.91. The van der Waals surface area contributed by atoms with Crippen LogP contribution in [-0.4, -0.2) is 76.3 Å². The van der Waals surface area contributed by atoms with Crippen LogP contribution in [0.25, 0.3) is 6.08 Å². The molecule has 1 heterocycles. The van der Waals surface area contributed by atoms with Crippen molar-refractivity contribution in [2.75, 3.05) is 42.0 Å². The number of amides is 2. The van der Waals surface area contributed by atoms with Crippen molar-refractivity contribution in [3.8, 4) is 5.75 Å². The molecule has 2 bridgehead atoms. The number of esters is 1. The average Bonchev–Trinajstić information content (AvgIpc) is 2.79. The molecule has 0 saturated heterocycles. The van der Waals surface area contributed by atoms with Crippen molar-refractivity contribution in [1.82, 2.24) is 15.5 Å². The Morgan fingerprint density at radius 2 is 1.88 bits per heavy atom. The lowest BCUT2D eigenvalue weighted by Crippen LogP contribution is -2.49. The van der Waals surface area contributed by atoms with Crippen LogP contribution in [0.4, 0.5) is 0 Å². The molecule has 2 rings (SSSR count). The summed E-state index contributed by atoms with van der Waals surface area (Å²) in [6, 6.07) is 4.00. The van der Waals surface area contributed by atoms with Crippen molar-refractivity contribution in [1.29, 1.82) is 0 Å². The first-order chi connectivity index (χ1) is 15.6. The highest BCUT2D eigenvalue weighted by Crippen LogP contribution is 2.31. The molecule has 9 nitrogen and oxygen atoms in total. The fourth-order valence-electron chi connectivity index (χ4n) is 3.88. The second kappa shape index (κ2) is 11.3. The molecule has 0 fully saturated rings. The normalized spacial score (nSPS) is 27.6. The minimum absolute atomic E-state index is 0.174. The zero-order chi connectivity index (χ0) is 24.8. The number of hydrogen-bond donors (Lipinski definition) is 2. The van der Waals surface area contributed by atoms with Crippen molar-refractivity contribution in [2.45, 2.75) is 38.0 Å². The van der Waals surface area contributed by atoms with E-state index in [4.69, 9.17) is 14.2 Å². The highest BCUT2D eigenvalue weighted by molar-refractivity contribution is 5.90. The maximum Gasteiger partial charge on any atom is 0.328 e. The second-order valence-corrected chi connectivity index (χ2v) is 8.59. The van der Waals surface area contributed by atoms with E-state index in [0.717, 1.165) is 11.1 Å². The minimum Gasteiger partial charge on any atom is -0.496 e. The van der Waals surface area contributed by atoms with Gasteiger partial charge in [0, 0.05) is 12.7 Å². The maximum absolute atomic E-state index is 13.0. The number of nitrogens with one attached hydrogen (secondary N) is 2. The zero-order valence-electron chi connectivity index (χ0n) is 20.4. The Balaban J connectivity index is 2.60. The van der Waals surface area contributed by atoms with E-state index in [1.165, 1.54) is 7.11 Å². The van der Waals surface area contributed by atoms with E-state index in [1.807, 2.05) is 44.2 Å². The highest BCUT2D eigenvalue weighted by atomic mass is 16.5. The maximum atomic E-state index is 13.0. The molecule has 2 N–H and O–H groups in total. The molecule has 0 radical (unpaired) electrons. The van der Waals surface area contributed by atoms with Gasteiger partial charge in [0.15, 0.2) is 0 Å². The number of likely N-dealkylation sites (N-methyl/N-ethyl adjacent to an activating group) is 1. The first-order valence-corrected chi connectivity index (χ1v) is 10.8. The smallest absolute Gasteiger partial charge is 0.328 e. The van der Waals surface area contributed by atoms with Crippen LogP contribution in [0.1, 0.15) is 37.4 Å². The van der Waals surface area contributed by atoms with E-state index in [-0.39, 0.29) is 24.8 Å². The molecule has 2 amide bonds. The highest BCUT2D eigenvalue weighted by Gasteiger charge is 2.34. The standard InChI is InChI=1S/C24H35N3O6/c1-15-12-18(23(30)32-6)26-20(28)14-25-22(29)21(27(3)4)17-8-9-19(31-5)16(13-17)10-11-24(15,2)33-7/h8-11,13,15,18,21H,12,14H2,1-7H3,(H,25,29)(H,26,28)/b11-10+/t15-,18+,21+,24?/m1/s1. The van der Waals surface area contributed by atoms with Gasteiger partial charge in [0.1, 0.15) is 17.8 Å². The summed E-state index contributed by atoms with van der Waals surface area (Å²) in [5.74, 6) is -0.912. The lowest BCUT2D eigenvalue weighted by atomic mass is 9.84. The summed E-state index contributed by atoms with van der Waals surface area (Å²) in [5.41, 5.74) is 0.763. The van der Waals surface area contributed by atoms with Gasteiger partial charge in [0.2, 0.25) is 11.8 Å². The van der Waals surface area contributed by atoms with Crippen LogP contribution in [0.15, 0.2) is 24.3 Å². The van der Waals surface area contributed by atoms with Crippen LogP contribution in [0, 0.1) is 5.92 Å². The van der Waals surface area contributed by atoms with Crippen molar-refractivity contribution in [2.24, 2.45) is 5.92 Å². The van der Waals surface area contributed by atoms with E-state index in [2.05, 4.69) is 10.6 Å². The largest absolute Gasteiger partial charge is 0.496 e. The predicted molar refractivity (Wildman–Crippen MR) is 125 cm³/mol. The number of ether oxygens (including phenoxy) is 3. The molecule has 182 valence electrons. The summed E-state index contributed by atoms with van der Waals surface area (Å²) in [7, 11) is 8.03. The number of rotatable bonds is 4. The number of benzene rings is 1. The summed E-state index contributed by atoms with van der Waals surface area (Å²) in [6.45, 7) is 3.58. The first kappa shape index (κ1) is 26.3. The van der Waals surface area contributed by atoms with Gasteiger partial charge in [0.05, 0.1) is 26.4 Å². The van der Waals surface area contributed by atoms with Gasteiger partial charge < -0.3 is 24.8 Å². The van der Waals surface area contributed by atoms with Crippen molar-refractivity contribution >= 4 is 23.9 Å². The SMILES string of the molecule is COC(=O)[C@@H]1C[C@@H](C)C(C)(OC)/C=C/c2cc(ccc2OC)[C@H](N(C)C)C(=O)NCC(=O)N1. The van der Waals surface area contributed by atoms with Crippen molar-refractivity contribution in [3.05, 3.63) is 35.4 Å². The van der Waals surface area contributed by atoms with E-state index < -0.39 is 29.6 Å². The van der Waals surface area contributed by atoms with Gasteiger partial charge in [-0.05, 0) is 51.1 Å². The number of nitrogens with zero attached hydrogens (tertiary/aromatic N) is 1. The van der Waals surface area contributed by atoms with Gasteiger partial charge in [-0.3, -0.25) is 14.5 Å². The number of carbonyl (C=O) groups excluding carboxylic acids is 3. The Morgan fingerprint density at radius 1 is 1.18 bits per heavy atom. The minimum atomic E-state index is -0.886. The monoisotopic (exact) mass is 461 g/mol. The van der Waals surface area contributed by atoms with E-state index in [0.29, 0.717) is 5.75 Å². The third-order valence-corrected chi connectivity index (χ3v) is 6.18. The summed E-state index contributed by atoms with van der Waals surface area (Å²) in [6.07, 6.45) is 4.07. The molecule has 1 aromatic carbocycles. The number of hydrogen-bond acceptors (Lipinski definition) is 7. The molecular weight excluding hydrogens is 426 g/mol. The van der Waals surface area contributed by atoms with Gasteiger partial charge in [-0.15, -0.1) is 0 Å². The van der Waals surface area contributed by atoms with Crippen LogP contribution in [0.3, 0.4) is 0 Å². The van der Waals surface area contributed by atoms with Crippen LogP contribution < -0.4 is 15.4 Å². The number of fused-ring (bicyclic) bond motifs is 2. The first-order valence-electron chi connectivity index (χ1n) is 10.8. The van der Waals surface area contributed by atoms with Crippen molar-refractivity contribution in [3.63, 3.8) is 0 Å². The molecule has 1 unspecified atom stereocenters. The Bertz CT molecular complexity index is 900. The van der Waals surface area contributed by atoms with E-state index >= 15 is 0 Å². The molecule has 0 saturated carbocycles. The van der Waals surface area contributed by atoms with Crippen LogP contribution in [0.5, 0.6) is 5.75 Å². The average molecular weight is 462 g/mol. The Kier molecular flexibility index (Phi) is 9.01. The lowest BCUT2D eigenvalue weighted by Gasteiger charge is -2.33. The third-order valence-electron chi connectivity index (χ3n) is 6.18. The summed E-state index contributed by atoms with van der Waals surface area (Å²) in [5, 5.41) is 5.35. The number of methoxy groups -OCH3 is 3. The third kappa shape index (κ3) is 6.33. The lowest BCUT2D eigenvalue weighted by molar-refractivity contribution is -0.146. The second-order valence-electron chi connectivity index (χ2n) is 8.59. The molecule has 9 heteroatoms. The quantitative estimate of drug-likeness (QED) is 0.655. The van der Waals surface area contributed by atoms with Crippen LogP contribution >= 0.6 is 0 Å². The summed E-state index contributed by atoms with van der Waals surface area (Å²) in [4.78, 5) is 39.7. The fraction of sp³-hybridized carbons (Fsp3) is 0.542. The van der Waals surface area contributed by atoms with Crippen molar-refractivity contribution < 1.29 is 28.6 Å². The molecule has 0 aromatic heterocycles. The molecular formula is C24H35N3O6. The molecule has 1 aliphatic rings. The van der Waals surface area contributed by atoms with Gasteiger partial charge >= 0.3 is 5.97 Å². The van der Waals surface area contributed by atoms with E-state index in [1.54, 1.807) is 33.2 Å². The van der Waals surface area contributed by atoms with Gasteiger partial charge in [-0.1, -0.05) is 25.1 Å². The van der Waals surface area contributed by atoms with Crippen LogP contribution in [-0.2, 0) is 23.9 Å². The summed E-state index contributed by atoms with van der Waals surface area (Å²) < 4.78 is 16.2. The number of carbonyl (C=O) groups is 3. The topological polar surface area (TPSA) is 106 Å².